The fraction of sp³-hybridized carbons (Fsp3) is 0.429. The summed E-state index contributed by atoms with van der Waals surface area (Å²) < 4.78 is 4.28. The van der Waals surface area contributed by atoms with Crippen molar-refractivity contribution in [2.75, 3.05) is 13.7 Å². The molecule has 0 aromatic rings. The summed E-state index contributed by atoms with van der Waals surface area (Å²) >= 11 is 0. The lowest BCUT2D eigenvalue weighted by atomic mass is 10.5. The van der Waals surface area contributed by atoms with Crippen LogP contribution in [-0.2, 0) is 14.3 Å². The number of nitrogens with one attached hydrogen (secondary N) is 1. The molecule has 0 aliphatic rings. The quantitative estimate of drug-likeness (QED) is 0.423. The number of hydrogen-bond donors (Lipinski definition) is 1. The van der Waals surface area contributed by atoms with Gasteiger partial charge in [0.15, 0.2) is 0 Å². The number of ether oxygens (including phenoxy) is 1. The van der Waals surface area contributed by atoms with Gasteiger partial charge in [0.2, 0.25) is 0 Å². The van der Waals surface area contributed by atoms with Crippen LogP contribution in [0.2, 0.25) is 0 Å². The van der Waals surface area contributed by atoms with Crippen LogP contribution in [0.5, 0.6) is 0 Å². The molecular formula is C7H9NO3. The fourth-order valence-corrected chi connectivity index (χ4v) is 0.382. The molecule has 4 nitrogen and oxygen atoms in total. The Balaban J connectivity index is 3.60. The summed E-state index contributed by atoms with van der Waals surface area (Å²) in [6.07, 6.45) is 0. The van der Waals surface area contributed by atoms with Crippen molar-refractivity contribution in [3.05, 3.63) is 0 Å². The first-order valence-corrected chi connectivity index (χ1v) is 2.98. The number of esters is 1. The molecule has 0 atom stereocenters. The van der Waals surface area contributed by atoms with Crippen LogP contribution in [0.3, 0.4) is 0 Å². The summed E-state index contributed by atoms with van der Waals surface area (Å²) in [7, 11) is 1.25. The van der Waals surface area contributed by atoms with Crippen LogP contribution in [0.25, 0.3) is 0 Å². The average Bonchev–Trinajstić information content (AvgIpc) is 2.01. The van der Waals surface area contributed by atoms with E-state index in [9.17, 15) is 9.59 Å². The largest absolute Gasteiger partial charge is 0.468 e. The van der Waals surface area contributed by atoms with Crippen LogP contribution in [0, 0.1) is 11.8 Å². The van der Waals surface area contributed by atoms with Gasteiger partial charge in [-0.2, -0.15) is 0 Å². The van der Waals surface area contributed by atoms with Crippen LogP contribution in [0.1, 0.15) is 6.92 Å². The smallest absolute Gasteiger partial charge is 0.325 e. The molecule has 60 valence electrons. The second kappa shape index (κ2) is 5.30. The van der Waals surface area contributed by atoms with Gasteiger partial charge >= 0.3 is 5.97 Å². The Morgan fingerprint density at radius 2 is 2.18 bits per heavy atom. The highest BCUT2D eigenvalue weighted by molar-refractivity contribution is 5.95. The van der Waals surface area contributed by atoms with Gasteiger partial charge in [0.1, 0.15) is 6.54 Å². The predicted octanol–water partition coefficient (Wildman–Crippen LogP) is -0.701. The molecule has 0 saturated carbocycles. The lowest BCUT2D eigenvalue weighted by Gasteiger charge is -1.97. The first-order chi connectivity index (χ1) is 5.20. The highest BCUT2D eigenvalue weighted by Crippen LogP contribution is 1.69. The number of hydrogen-bond acceptors (Lipinski definition) is 3. The Labute approximate surface area is 64.9 Å². The lowest BCUT2D eigenvalue weighted by molar-refractivity contribution is -0.140. The Bertz CT molecular complexity index is 211. The SMILES string of the molecule is CC#CC(=O)NCC(=O)OC. The zero-order chi connectivity index (χ0) is 8.69. The molecular weight excluding hydrogens is 146 g/mol. The highest BCUT2D eigenvalue weighted by Gasteiger charge is 2.00. The lowest BCUT2D eigenvalue weighted by Crippen LogP contribution is -2.28. The van der Waals surface area contributed by atoms with Gasteiger partial charge in [-0.15, -0.1) is 0 Å². The van der Waals surface area contributed by atoms with E-state index in [-0.39, 0.29) is 6.54 Å². The van der Waals surface area contributed by atoms with Gasteiger partial charge in [-0.05, 0) is 12.8 Å². The fourth-order valence-electron chi connectivity index (χ4n) is 0.382. The van der Waals surface area contributed by atoms with Crippen molar-refractivity contribution in [2.45, 2.75) is 6.92 Å². The van der Waals surface area contributed by atoms with E-state index < -0.39 is 11.9 Å². The normalized spacial score (nSPS) is 7.45. The Morgan fingerprint density at radius 3 is 2.64 bits per heavy atom. The summed E-state index contributed by atoms with van der Waals surface area (Å²) in [4.78, 5) is 21.0. The van der Waals surface area contributed by atoms with Gasteiger partial charge in [-0.1, -0.05) is 5.92 Å². The zero-order valence-electron chi connectivity index (χ0n) is 6.43. The summed E-state index contributed by atoms with van der Waals surface area (Å²) in [5.41, 5.74) is 0. The van der Waals surface area contributed by atoms with E-state index in [1.807, 2.05) is 0 Å². The molecule has 0 bridgehead atoms. The third-order valence-corrected chi connectivity index (χ3v) is 0.859. The molecule has 0 heterocycles. The number of methoxy groups -OCH3 is 1. The summed E-state index contributed by atoms with van der Waals surface area (Å²) in [6.45, 7) is 1.40. The molecule has 0 spiro atoms. The number of carbonyl (C=O) groups is 2. The first kappa shape index (κ1) is 9.50. The van der Waals surface area contributed by atoms with E-state index in [0.717, 1.165) is 0 Å². The highest BCUT2D eigenvalue weighted by atomic mass is 16.5. The van der Waals surface area contributed by atoms with Gasteiger partial charge < -0.3 is 10.1 Å². The van der Waals surface area contributed by atoms with E-state index >= 15 is 0 Å². The van der Waals surface area contributed by atoms with E-state index in [1.165, 1.54) is 14.0 Å². The first-order valence-electron chi connectivity index (χ1n) is 2.98. The monoisotopic (exact) mass is 155 g/mol. The summed E-state index contributed by atoms with van der Waals surface area (Å²) in [5, 5.41) is 2.25. The van der Waals surface area contributed by atoms with E-state index in [0.29, 0.717) is 0 Å². The minimum atomic E-state index is -0.490. The van der Waals surface area contributed by atoms with Gasteiger partial charge in [0.05, 0.1) is 7.11 Å². The second-order valence-corrected chi connectivity index (χ2v) is 1.63. The van der Waals surface area contributed by atoms with Crippen molar-refractivity contribution in [3.8, 4) is 11.8 Å². The topological polar surface area (TPSA) is 55.4 Å². The Morgan fingerprint density at radius 1 is 1.55 bits per heavy atom. The van der Waals surface area contributed by atoms with Crippen molar-refractivity contribution in [1.29, 1.82) is 0 Å². The molecule has 0 unspecified atom stereocenters. The maximum atomic E-state index is 10.6. The predicted molar refractivity (Wildman–Crippen MR) is 38.5 cm³/mol. The third kappa shape index (κ3) is 4.97. The van der Waals surface area contributed by atoms with Crippen LogP contribution < -0.4 is 5.32 Å². The molecule has 4 heteroatoms. The average molecular weight is 155 g/mol. The van der Waals surface area contributed by atoms with Gasteiger partial charge in [0, 0.05) is 0 Å². The molecule has 0 aromatic heterocycles. The maximum absolute atomic E-state index is 10.6. The van der Waals surface area contributed by atoms with Crippen molar-refractivity contribution >= 4 is 11.9 Å². The molecule has 0 radical (unpaired) electrons. The van der Waals surface area contributed by atoms with Crippen LogP contribution in [0.15, 0.2) is 0 Å². The molecule has 0 saturated heterocycles. The van der Waals surface area contributed by atoms with E-state index in [1.54, 1.807) is 0 Å². The van der Waals surface area contributed by atoms with Crippen molar-refractivity contribution in [1.82, 2.24) is 5.32 Å². The number of rotatable bonds is 2. The molecule has 1 amide bonds. The van der Waals surface area contributed by atoms with Crippen molar-refractivity contribution in [2.24, 2.45) is 0 Å². The van der Waals surface area contributed by atoms with E-state index in [4.69, 9.17) is 0 Å². The molecule has 11 heavy (non-hydrogen) atoms. The van der Waals surface area contributed by atoms with Gasteiger partial charge in [0.25, 0.3) is 5.91 Å². The standard InChI is InChI=1S/C7H9NO3/c1-3-4-6(9)8-5-7(10)11-2/h5H2,1-2H3,(H,8,9). The molecule has 0 aromatic carbocycles. The number of carbonyl (C=O) groups excluding carboxylic acids is 2. The number of amides is 1. The minimum Gasteiger partial charge on any atom is -0.468 e. The van der Waals surface area contributed by atoms with Gasteiger partial charge in [-0.25, -0.2) is 0 Å². The van der Waals surface area contributed by atoms with E-state index in [2.05, 4.69) is 21.9 Å². The summed E-state index contributed by atoms with van der Waals surface area (Å²) in [5.74, 6) is 3.65. The minimum absolute atomic E-state index is 0.135. The van der Waals surface area contributed by atoms with Crippen LogP contribution in [0.4, 0.5) is 0 Å². The van der Waals surface area contributed by atoms with Crippen LogP contribution >= 0.6 is 0 Å². The maximum Gasteiger partial charge on any atom is 0.325 e. The molecule has 0 aliphatic carbocycles. The zero-order valence-corrected chi connectivity index (χ0v) is 6.43. The molecule has 0 aliphatic heterocycles. The van der Waals surface area contributed by atoms with Crippen molar-refractivity contribution < 1.29 is 14.3 Å². The molecule has 0 fully saturated rings. The van der Waals surface area contributed by atoms with Crippen molar-refractivity contribution in [3.63, 3.8) is 0 Å². The molecule has 1 N–H and O–H groups in total. The second-order valence-electron chi connectivity index (χ2n) is 1.63. The van der Waals surface area contributed by atoms with Crippen LogP contribution in [-0.4, -0.2) is 25.5 Å². The Kier molecular flexibility index (Phi) is 4.58. The molecule has 0 rings (SSSR count). The third-order valence-electron chi connectivity index (χ3n) is 0.859. The summed E-state index contributed by atoms with van der Waals surface area (Å²) in [6, 6.07) is 0. The Hall–Kier alpha value is -1.50. The van der Waals surface area contributed by atoms with Gasteiger partial charge in [-0.3, -0.25) is 9.59 Å².